The lowest BCUT2D eigenvalue weighted by molar-refractivity contribution is 0.102. The first-order chi connectivity index (χ1) is 13.6. The minimum absolute atomic E-state index is 0.182. The van der Waals surface area contributed by atoms with Crippen LogP contribution in [-0.2, 0) is 0 Å². The third kappa shape index (κ3) is 4.82. The molecule has 6 nitrogen and oxygen atoms in total. The number of hydrogen-bond donors (Lipinski definition) is 2. The molecular formula is C21H22FN5O. The van der Waals surface area contributed by atoms with Gasteiger partial charge in [-0.3, -0.25) is 4.79 Å². The predicted molar refractivity (Wildman–Crippen MR) is 110 cm³/mol. The van der Waals surface area contributed by atoms with E-state index >= 15 is 0 Å². The Bertz CT molecular complexity index is 942. The van der Waals surface area contributed by atoms with E-state index in [2.05, 4.69) is 39.3 Å². The molecule has 28 heavy (non-hydrogen) atoms. The van der Waals surface area contributed by atoms with Crippen molar-refractivity contribution in [3.05, 3.63) is 72.3 Å². The first-order valence-electron chi connectivity index (χ1n) is 9.11. The van der Waals surface area contributed by atoms with Gasteiger partial charge in [-0.15, -0.1) is 0 Å². The summed E-state index contributed by atoms with van der Waals surface area (Å²) in [5, 5.41) is 5.71. The number of halogens is 1. The molecule has 0 saturated carbocycles. The van der Waals surface area contributed by atoms with E-state index in [-0.39, 0.29) is 5.69 Å². The maximum atomic E-state index is 13.3. The van der Waals surface area contributed by atoms with Crippen molar-refractivity contribution in [2.24, 2.45) is 0 Å². The highest BCUT2D eigenvalue weighted by Crippen LogP contribution is 2.20. The number of carbonyl (C=O) groups is 1. The number of amides is 1. The summed E-state index contributed by atoms with van der Waals surface area (Å²) in [5.74, 6) is -0.550. The quantitative estimate of drug-likeness (QED) is 0.634. The van der Waals surface area contributed by atoms with E-state index in [1.54, 1.807) is 6.07 Å². The molecule has 0 saturated heterocycles. The van der Waals surface area contributed by atoms with Crippen LogP contribution in [0.5, 0.6) is 0 Å². The molecule has 7 heteroatoms. The topological polar surface area (TPSA) is 70.2 Å². The first-order valence-corrected chi connectivity index (χ1v) is 9.11. The number of rotatable bonds is 7. The van der Waals surface area contributed by atoms with Gasteiger partial charge in [0.15, 0.2) is 0 Å². The summed E-state index contributed by atoms with van der Waals surface area (Å²) in [6, 6.07) is 15.1. The second-order valence-electron chi connectivity index (χ2n) is 6.07. The predicted octanol–water partition coefficient (Wildman–Crippen LogP) is 4.46. The molecular weight excluding hydrogens is 357 g/mol. The molecule has 3 aromatic rings. The minimum Gasteiger partial charge on any atom is -0.372 e. The Hall–Kier alpha value is -3.48. The number of hydrogen-bond acceptors (Lipinski definition) is 5. The molecule has 1 amide bonds. The van der Waals surface area contributed by atoms with Crippen LogP contribution in [0, 0.1) is 5.82 Å². The molecule has 144 valence electrons. The summed E-state index contributed by atoms with van der Waals surface area (Å²) >= 11 is 0. The van der Waals surface area contributed by atoms with E-state index in [4.69, 9.17) is 0 Å². The van der Waals surface area contributed by atoms with Crippen molar-refractivity contribution in [2.75, 3.05) is 28.6 Å². The molecule has 0 unspecified atom stereocenters. The smallest absolute Gasteiger partial charge is 0.274 e. The monoisotopic (exact) mass is 379 g/mol. The Balaban J connectivity index is 1.70. The molecule has 0 spiro atoms. The van der Waals surface area contributed by atoms with E-state index in [0.717, 1.165) is 24.5 Å². The fourth-order valence-corrected chi connectivity index (χ4v) is 2.78. The molecule has 0 aliphatic carbocycles. The van der Waals surface area contributed by atoms with Gasteiger partial charge in [-0.05, 0) is 62.4 Å². The minimum atomic E-state index is -0.437. The van der Waals surface area contributed by atoms with Gasteiger partial charge < -0.3 is 15.5 Å². The number of nitrogens with zero attached hydrogens (tertiary/aromatic N) is 3. The van der Waals surface area contributed by atoms with Gasteiger partial charge in [0.2, 0.25) is 5.95 Å². The van der Waals surface area contributed by atoms with Gasteiger partial charge in [0, 0.05) is 36.3 Å². The Kier molecular flexibility index (Phi) is 6.16. The van der Waals surface area contributed by atoms with Crippen LogP contribution in [0.15, 0.2) is 60.8 Å². The third-order valence-corrected chi connectivity index (χ3v) is 4.22. The largest absolute Gasteiger partial charge is 0.372 e. The highest BCUT2D eigenvalue weighted by molar-refractivity contribution is 6.03. The number of anilines is 4. The van der Waals surface area contributed by atoms with Crippen molar-refractivity contribution in [1.82, 2.24) is 9.97 Å². The highest BCUT2D eigenvalue weighted by atomic mass is 19.1. The second-order valence-corrected chi connectivity index (χ2v) is 6.07. The molecule has 0 aliphatic rings. The normalized spacial score (nSPS) is 10.4. The van der Waals surface area contributed by atoms with Crippen LogP contribution in [-0.4, -0.2) is 29.0 Å². The van der Waals surface area contributed by atoms with Crippen molar-refractivity contribution in [1.29, 1.82) is 0 Å². The lowest BCUT2D eigenvalue weighted by Gasteiger charge is -2.21. The number of aromatic nitrogens is 2. The van der Waals surface area contributed by atoms with Crippen molar-refractivity contribution in [2.45, 2.75) is 13.8 Å². The summed E-state index contributed by atoms with van der Waals surface area (Å²) in [6.07, 6.45) is 1.50. The second kappa shape index (κ2) is 8.94. The fourth-order valence-electron chi connectivity index (χ4n) is 2.78. The fraction of sp³-hybridized carbons (Fsp3) is 0.190. The molecule has 0 atom stereocenters. The zero-order valence-corrected chi connectivity index (χ0v) is 15.8. The standard InChI is InChI=1S/C21H22FN5O/c1-3-27(4-2)18-10-8-16(9-11-18)25-21-23-13-12-19(26-21)20(28)24-17-7-5-6-15(22)14-17/h5-14H,3-4H2,1-2H3,(H,24,28)(H,23,25,26). The Labute approximate surface area is 163 Å². The average molecular weight is 379 g/mol. The van der Waals surface area contributed by atoms with Crippen molar-refractivity contribution in [3.63, 3.8) is 0 Å². The van der Waals surface area contributed by atoms with Crippen LogP contribution in [0.2, 0.25) is 0 Å². The highest BCUT2D eigenvalue weighted by Gasteiger charge is 2.10. The molecule has 2 aromatic carbocycles. The van der Waals surface area contributed by atoms with Crippen LogP contribution in [0.1, 0.15) is 24.3 Å². The zero-order chi connectivity index (χ0) is 19.9. The van der Waals surface area contributed by atoms with E-state index in [1.165, 1.54) is 30.5 Å². The van der Waals surface area contributed by atoms with Gasteiger partial charge in [0.1, 0.15) is 11.5 Å². The maximum Gasteiger partial charge on any atom is 0.274 e. The number of benzene rings is 2. The number of nitrogens with one attached hydrogen (secondary N) is 2. The van der Waals surface area contributed by atoms with Crippen LogP contribution in [0.25, 0.3) is 0 Å². The molecule has 0 aliphatic heterocycles. The Morgan fingerprint density at radius 2 is 1.79 bits per heavy atom. The average Bonchev–Trinajstić information content (AvgIpc) is 2.70. The van der Waals surface area contributed by atoms with Crippen LogP contribution in [0.3, 0.4) is 0 Å². The van der Waals surface area contributed by atoms with Gasteiger partial charge in [0.05, 0.1) is 0 Å². The van der Waals surface area contributed by atoms with E-state index in [0.29, 0.717) is 11.6 Å². The molecule has 1 aromatic heterocycles. The van der Waals surface area contributed by atoms with Crippen molar-refractivity contribution >= 4 is 28.9 Å². The van der Waals surface area contributed by atoms with E-state index in [1.807, 2.05) is 24.3 Å². The first kappa shape index (κ1) is 19.3. The summed E-state index contributed by atoms with van der Waals surface area (Å²) in [7, 11) is 0. The van der Waals surface area contributed by atoms with Crippen LogP contribution in [0.4, 0.5) is 27.4 Å². The molecule has 0 fully saturated rings. The van der Waals surface area contributed by atoms with Crippen molar-refractivity contribution < 1.29 is 9.18 Å². The summed E-state index contributed by atoms with van der Waals surface area (Å²) < 4.78 is 13.3. The zero-order valence-electron chi connectivity index (χ0n) is 15.8. The summed E-state index contributed by atoms with van der Waals surface area (Å²) in [5.41, 5.74) is 2.50. The number of carbonyl (C=O) groups excluding carboxylic acids is 1. The molecule has 1 heterocycles. The van der Waals surface area contributed by atoms with Gasteiger partial charge in [-0.1, -0.05) is 6.07 Å². The molecule has 2 N–H and O–H groups in total. The SMILES string of the molecule is CCN(CC)c1ccc(Nc2nccc(C(=O)Nc3cccc(F)c3)n2)cc1. The lowest BCUT2D eigenvalue weighted by atomic mass is 10.2. The van der Waals surface area contributed by atoms with Gasteiger partial charge >= 0.3 is 0 Å². The molecule has 0 radical (unpaired) electrons. The summed E-state index contributed by atoms with van der Waals surface area (Å²) in [4.78, 5) is 23.0. The van der Waals surface area contributed by atoms with E-state index < -0.39 is 11.7 Å². The van der Waals surface area contributed by atoms with Gasteiger partial charge in [-0.2, -0.15) is 0 Å². The Morgan fingerprint density at radius 3 is 2.46 bits per heavy atom. The maximum absolute atomic E-state index is 13.3. The van der Waals surface area contributed by atoms with Gasteiger partial charge in [-0.25, -0.2) is 14.4 Å². The third-order valence-electron chi connectivity index (χ3n) is 4.22. The summed E-state index contributed by atoms with van der Waals surface area (Å²) in [6.45, 7) is 6.11. The molecule has 0 bridgehead atoms. The van der Waals surface area contributed by atoms with Crippen LogP contribution >= 0.6 is 0 Å². The van der Waals surface area contributed by atoms with Gasteiger partial charge in [0.25, 0.3) is 5.91 Å². The van der Waals surface area contributed by atoms with Crippen molar-refractivity contribution in [3.8, 4) is 0 Å². The lowest BCUT2D eigenvalue weighted by Crippen LogP contribution is -2.21. The Morgan fingerprint density at radius 1 is 1.04 bits per heavy atom. The molecule has 3 rings (SSSR count). The van der Waals surface area contributed by atoms with E-state index in [9.17, 15) is 9.18 Å². The van der Waals surface area contributed by atoms with Crippen LogP contribution < -0.4 is 15.5 Å².